The van der Waals surface area contributed by atoms with Gasteiger partial charge in [0.1, 0.15) is 5.75 Å². The molecule has 1 aromatic carbocycles. The second-order valence-electron chi connectivity index (χ2n) is 6.74. The molecule has 1 saturated heterocycles. The number of likely N-dealkylation sites (tertiary alicyclic amines) is 1. The molecule has 0 bridgehead atoms. The number of ether oxygens (including phenoxy) is 1. The molecule has 1 aliphatic rings. The Morgan fingerprint density at radius 1 is 1.36 bits per heavy atom. The average molecular weight is 348 g/mol. The minimum Gasteiger partial charge on any atom is -0.494 e. The monoisotopic (exact) mass is 348 g/mol. The van der Waals surface area contributed by atoms with Crippen LogP contribution in [0.3, 0.4) is 0 Å². The Labute approximate surface area is 149 Å². The summed E-state index contributed by atoms with van der Waals surface area (Å²) in [6.45, 7) is 6.49. The highest BCUT2D eigenvalue weighted by Crippen LogP contribution is 2.22. The van der Waals surface area contributed by atoms with Crippen molar-refractivity contribution in [2.45, 2.75) is 33.2 Å². The van der Waals surface area contributed by atoms with Crippen LogP contribution in [0.15, 0.2) is 24.3 Å². The van der Waals surface area contributed by atoms with Crippen LogP contribution in [-0.4, -0.2) is 48.1 Å². The highest BCUT2D eigenvalue weighted by molar-refractivity contribution is 5.78. The number of benzene rings is 1. The predicted molar refractivity (Wildman–Crippen MR) is 95.4 cm³/mol. The molecule has 0 saturated carbocycles. The largest absolute Gasteiger partial charge is 0.494 e. The van der Waals surface area contributed by atoms with Gasteiger partial charge in [-0.2, -0.15) is 0 Å². The van der Waals surface area contributed by atoms with E-state index in [4.69, 9.17) is 9.84 Å². The van der Waals surface area contributed by atoms with Crippen LogP contribution in [0.5, 0.6) is 5.75 Å². The quantitative estimate of drug-likeness (QED) is 0.669. The third-order valence-corrected chi connectivity index (χ3v) is 4.53. The van der Waals surface area contributed by atoms with Crippen molar-refractivity contribution in [1.82, 2.24) is 10.2 Å². The number of unbranched alkanes of at least 4 members (excludes halogenated alkanes) is 1. The van der Waals surface area contributed by atoms with Gasteiger partial charge in [0.05, 0.1) is 19.1 Å². The summed E-state index contributed by atoms with van der Waals surface area (Å²) < 4.78 is 5.67. The van der Waals surface area contributed by atoms with E-state index in [2.05, 4.69) is 12.2 Å². The number of rotatable bonds is 9. The van der Waals surface area contributed by atoms with Gasteiger partial charge in [-0.1, -0.05) is 32.4 Å². The Kier molecular flexibility index (Phi) is 7.25. The van der Waals surface area contributed by atoms with Crippen molar-refractivity contribution in [1.29, 1.82) is 0 Å². The minimum absolute atomic E-state index is 0.0715. The van der Waals surface area contributed by atoms with Gasteiger partial charge in [0.2, 0.25) is 5.91 Å². The lowest BCUT2D eigenvalue weighted by molar-refractivity contribution is -0.142. The van der Waals surface area contributed by atoms with E-state index in [0.29, 0.717) is 26.2 Å². The normalized spacial score (nSPS) is 20.4. The first kappa shape index (κ1) is 19.2. The van der Waals surface area contributed by atoms with Crippen molar-refractivity contribution >= 4 is 11.9 Å². The van der Waals surface area contributed by atoms with Crippen LogP contribution in [0, 0.1) is 11.8 Å². The number of hydrogen-bond donors (Lipinski definition) is 2. The third kappa shape index (κ3) is 6.05. The van der Waals surface area contributed by atoms with Crippen LogP contribution in [0.1, 0.15) is 32.3 Å². The summed E-state index contributed by atoms with van der Waals surface area (Å²) in [4.78, 5) is 25.2. The molecule has 1 fully saturated rings. The number of carbonyl (C=O) groups is 2. The number of carboxylic acid groups (broad SMARTS) is 1. The van der Waals surface area contributed by atoms with E-state index >= 15 is 0 Å². The molecular formula is C19H28N2O4. The van der Waals surface area contributed by atoms with Crippen LogP contribution in [0.25, 0.3) is 0 Å². The van der Waals surface area contributed by atoms with Crippen LogP contribution in [0.2, 0.25) is 0 Å². The standard InChI is InChI=1S/C19H28N2O4/c1-3-4-8-25-16-7-5-6-15(9-16)10-20-18(22)13-21-11-14(2)17(12-21)19(23)24/h5-7,9,14,17H,3-4,8,10-13H2,1-2H3,(H,20,22)(H,23,24)/t14-,17-/m1/s1. The lowest BCUT2D eigenvalue weighted by atomic mass is 9.99. The van der Waals surface area contributed by atoms with E-state index in [1.807, 2.05) is 36.1 Å². The molecule has 0 aliphatic carbocycles. The van der Waals surface area contributed by atoms with E-state index in [1.165, 1.54) is 0 Å². The van der Waals surface area contributed by atoms with Gasteiger partial charge < -0.3 is 15.2 Å². The molecule has 6 nitrogen and oxygen atoms in total. The van der Waals surface area contributed by atoms with Gasteiger partial charge in [-0.25, -0.2) is 0 Å². The van der Waals surface area contributed by atoms with Gasteiger partial charge >= 0.3 is 5.97 Å². The molecule has 0 radical (unpaired) electrons. The average Bonchev–Trinajstić information content (AvgIpc) is 2.94. The van der Waals surface area contributed by atoms with Crippen molar-refractivity contribution < 1.29 is 19.4 Å². The Balaban J connectivity index is 1.76. The van der Waals surface area contributed by atoms with E-state index in [-0.39, 0.29) is 24.3 Å². The lowest BCUT2D eigenvalue weighted by Crippen LogP contribution is -2.36. The van der Waals surface area contributed by atoms with Gasteiger partial charge in [-0.15, -0.1) is 0 Å². The molecule has 6 heteroatoms. The summed E-state index contributed by atoms with van der Waals surface area (Å²) in [7, 11) is 0. The molecule has 0 spiro atoms. The zero-order valence-electron chi connectivity index (χ0n) is 15.0. The number of nitrogens with zero attached hydrogens (tertiary/aromatic N) is 1. The molecule has 0 aromatic heterocycles. The maximum atomic E-state index is 12.1. The fourth-order valence-corrected chi connectivity index (χ4v) is 3.06. The Bertz CT molecular complexity index is 591. The molecule has 0 unspecified atom stereocenters. The van der Waals surface area contributed by atoms with Crippen molar-refractivity contribution in [2.24, 2.45) is 11.8 Å². The molecule has 138 valence electrons. The Morgan fingerprint density at radius 2 is 2.16 bits per heavy atom. The van der Waals surface area contributed by atoms with Gasteiger partial charge in [0, 0.05) is 19.6 Å². The first-order valence-electron chi connectivity index (χ1n) is 8.93. The van der Waals surface area contributed by atoms with Gasteiger partial charge in [-0.05, 0) is 30.0 Å². The minimum atomic E-state index is -0.782. The van der Waals surface area contributed by atoms with E-state index in [0.717, 1.165) is 24.2 Å². The van der Waals surface area contributed by atoms with E-state index in [9.17, 15) is 9.59 Å². The summed E-state index contributed by atoms with van der Waals surface area (Å²) in [5.74, 6) is -0.365. The van der Waals surface area contributed by atoms with E-state index in [1.54, 1.807) is 0 Å². The van der Waals surface area contributed by atoms with Crippen molar-refractivity contribution in [3.63, 3.8) is 0 Å². The highest BCUT2D eigenvalue weighted by atomic mass is 16.5. The topological polar surface area (TPSA) is 78.9 Å². The Hall–Kier alpha value is -2.08. The van der Waals surface area contributed by atoms with Crippen molar-refractivity contribution in [2.75, 3.05) is 26.2 Å². The maximum Gasteiger partial charge on any atom is 0.308 e. The molecular weight excluding hydrogens is 320 g/mol. The second-order valence-corrected chi connectivity index (χ2v) is 6.74. The fraction of sp³-hybridized carbons (Fsp3) is 0.579. The van der Waals surface area contributed by atoms with E-state index < -0.39 is 5.97 Å². The summed E-state index contributed by atoms with van der Waals surface area (Å²) in [6.07, 6.45) is 2.11. The summed E-state index contributed by atoms with van der Waals surface area (Å²) in [6, 6.07) is 7.72. The molecule has 1 heterocycles. The van der Waals surface area contributed by atoms with Crippen molar-refractivity contribution in [3.8, 4) is 5.75 Å². The molecule has 2 N–H and O–H groups in total. The maximum absolute atomic E-state index is 12.1. The summed E-state index contributed by atoms with van der Waals surface area (Å²) >= 11 is 0. The third-order valence-electron chi connectivity index (χ3n) is 4.53. The zero-order chi connectivity index (χ0) is 18.2. The number of amides is 1. The summed E-state index contributed by atoms with van der Waals surface area (Å²) in [5, 5.41) is 12.0. The second kappa shape index (κ2) is 9.42. The smallest absolute Gasteiger partial charge is 0.308 e. The number of carbonyl (C=O) groups excluding carboxylic acids is 1. The molecule has 2 rings (SSSR count). The molecule has 1 amide bonds. The molecule has 25 heavy (non-hydrogen) atoms. The number of nitrogens with one attached hydrogen (secondary N) is 1. The van der Waals surface area contributed by atoms with Crippen LogP contribution >= 0.6 is 0 Å². The van der Waals surface area contributed by atoms with Crippen LogP contribution < -0.4 is 10.1 Å². The van der Waals surface area contributed by atoms with Gasteiger partial charge in [-0.3, -0.25) is 14.5 Å². The fourth-order valence-electron chi connectivity index (χ4n) is 3.06. The van der Waals surface area contributed by atoms with Crippen LogP contribution in [0.4, 0.5) is 0 Å². The van der Waals surface area contributed by atoms with Gasteiger partial charge in [0.25, 0.3) is 0 Å². The molecule has 1 aliphatic heterocycles. The van der Waals surface area contributed by atoms with Gasteiger partial charge in [0.15, 0.2) is 0 Å². The molecule has 1 aromatic rings. The van der Waals surface area contributed by atoms with Crippen molar-refractivity contribution in [3.05, 3.63) is 29.8 Å². The molecule has 2 atom stereocenters. The van der Waals surface area contributed by atoms with Crippen LogP contribution in [-0.2, 0) is 16.1 Å². The zero-order valence-corrected chi connectivity index (χ0v) is 15.0. The summed E-state index contributed by atoms with van der Waals surface area (Å²) in [5.41, 5.74) is 0.987. The Morgan fingerprint density at radius 3 is 2.84 bits per heavy atom. The predicted octanol–water partition coefficient (Wildman–Crippen LogP) is 2.13. The number of carboxylic acids is 1. The number of aliphatic carboxylic acids is 1. The first-order chi connectivity index (χ1) is 12.0. The highest BCUT2D eigenvalue weighted by Gasteiger charge is 2.35. The lowest BCUT2D eigenvalue weighted by Gasteiger charge is -2.15. The SMILES string of the molecule is CCCCOc1cccc(CNC(=O)CN2C[C@@H](C)[C@H](C(=O)O)C2)c1. The number of hydrogen-bond acceptors (Lipinski definition) is 4. The first-order valence-corrected chi connectivity index (χ1v) is 8.93.